The third-order valence-electron chi connectivity index (χ3n) is 3.88. The van der Waals surface area contributed by atoms with E-state index in [1.165, 1.54) is 0 Å². The molecule has 1 saturated heterocycles. The maximum absolute atomic E-state index is 12.2. The first-order chi connectivity index (χ1) is 11.6. The predicted molar refractivity (Wildman–Crippen MR) is 98.3 cm³/mol. The van der Waals surface area contributed by atoms with Crippen molar-refractivity contribution in [1.29, 1.82) is 0 Å². The highest BCUT2D eigenvalue weighted by Gasteiger charge is 2.12. The summed E-state index contributed by atoms with van der Waals surface area (Å²) in [6, 6.07) is 13.0. The van der Waals surface area contributed by atoms with Gasteiger partial charge in [-0.1, -0.05) is 35.3 Å². The molecule has 126 valence electrons. The van der Waals surface area contributed by atoms with Crippen LogP contribution in [0, 0.1) is 0 Å². The van der Waals surface area contributed by atoms with Crippen LogP contribution in [0.1, 0.15) is 5.56 Å². The van der Waals surface area contributed by atoms with Crippen molar-refractivity contribution in [2.45, 2.75) is 6.42 Å². The molecule has 0 bridgehead atoms. The summed E-state index contributed by atoms with van der Waals surface area (Å²) in [4.78, 5) is 14.5. The van der Waals surface area contributed by atoms with Gasteiger partial charge in [-0.2, -0.15) is 0 Å². The van der Waals surface area contributed by atoms with Gasteiger partial charge in [-0.25, -0.2) is 0 Å². The van der Waals surface area contributed by atoms with E-state index < -0.39 is 0 Å². The minimum absolute atomic E-state index is 0.127. The van der Waals surface area contributed by atoms with Crippen LogP contribution >= 0.6 is 23.2 Å². The summed E-state index contributed by atoms with van der Waals surface area (Å²) < 4.78 is 5.36. The predicted octanol–water partition coefficient (Wildman–Crippen LogP) is 4.01. The lowest BCUT2D eigenvalue weighted by Gasteiger charge is -2.28. The van der Waals surface area contributed by atoms with E-state index in [0.717, 1.165) is 37.6 Å². The van der Waals surface area contributed by atoms with Crippen molar-refractivity contribution in [1.82, 2.24) is 0 Å². The van der Waals surface area contributed by atoms with Gasteiger partial charge in [0.1, 0.15) is 0 Å². The van der Waals surface area contributed by atoms with Crippen LogP contribution in [0.2, 0.25) is 10.0 Å². The van der Waals surface area contributed by atoms with Gasteiger partial charge in [0.25, 0.3) is 0 Å². The molecule has 2 aromatic carbocycles. The Bertz CT molecular complexity index is 713. The van der Waals surface area contributed by atoms with Gasteiger partial charge in [-0.3, -0.25) is 4.79 Å². The standard InChI is InChI=1S/C18H18Cl2N2O2/c19-14-3-6-16(20)17(12-14)21-18(23)11-13-1-4-15(5-2-13)22-7-9-24-10-8-22/h1-6,12H,7-11H2,(H,21,23). The van der Waals surface area contributed by atoms with Crippen molar-refractivity contribution in [2.75, 3.05) is 36.5 Å². The van der Waals surface area contributed by atoms with Crippen molar-refractivity contribution in [3.8, 4) is 0 Å². The summed E-state index contributed by atoms with van der Waals surface area (Å²) in [5.41, 5.74) is 2.63. The van der Waals surface area contributed by atoms with E-state index in [4.69, 9.17) is 27.9 Å². The Morgan fingerprint density at radius 1 is 1.08 bits per heavy atom. The Labute approximate surface area is 151 Å². The summed E-state index contributed by atoms with van der Waals surface area (Å²) in [6.07, 6.45) is 0.284. The van der Waals surface area contributed by atoms with Crippen LogP contribution in [0.4, 0.5) is 11.4 Å². The SMILES string of the molecule is O=C(Cc1ccc(N2CCOCC2)cc1)Nc1cc(Cl)ccc1Cl. The summed E-state index contributed by atoms with van der Waals surface area (Å²) in [5, 5.41) is 3.80. The van der Waals surface area contributed by atoms with Gasteiger partial charge in [0.2, 0.25) is 5.91 Å². The first-order valence-corrected chi connectivity index (χ1v) is 8.54. The van der Waals surface area contributed by atoms with E-state index in [2.05, 4.69) is 10.2 Å². The average Bonchev–Trinajstić information content (AvgIpc) is 2.59. The molecule has 0 spiro atoms. The fourth-order valence-electron chi connectivity index (χ4n) is 2.62. The van der Waals surface area contributed by atoms with Gasteiger partial charge in [-0.15, -0.1) is 0 Å². The fraction of sp³-hybridized carbons (Fsp3) is 0.278. The van der Waals surface area contributed by atoms with E-state index in [1.807, 2.05) is 24.3 Å². The van der Waals surface area contributed by atoms with Crippen molar-refractivity contribution in [3.05, 3.63) is 58.1 Å². The third kappa shape index (κ3) is 4.41. The topological polar surface area (TPSA) is 41.6 Å². The minimum Gasteiger partial charge on any atom is -0.378 e. The zero-order chi connectivity index (χ0) is 16.9. The maximum Gasteiger partial charge on any atom is 0.228 e. The van der Waals surface area contributed by atoms with Crippen LogP contribution in [-0.2, 0) is 16.0 Å². The number of carbonyl (C=O) groups excluding carboxylic acids is 1. The molecule has 24 heavy (non-hydrogen) atoms. The number of nitrogens with one attached hydrogen (secondary N) is 1. The van der Waals surface area contributed by atoms with Crippen LogP contribution in [0.5, 0.6) is 0 Å². The molecule has 1 aliphatic heterocycles. The second kappa shape index (κ2) is 7.88. The maximum atomic E-state index is 12.2. The quantitative estimate of drug-likeness (QED) is 0.890. The molecule has 3 rings (SSSR count). The lowest BCUT2D eigenvalue weighted by Crippen LogP contribution is -2.36. The Kier molecular flexibility index (Phi) is 5.61. The lowest BCUT2D eigenvalue weighted by molar-refractivity contribution is -0.115. The van der Waals surface area contributed by atoms with E-state index in [0.29, 0.717) is 15.7 Å². The number of morpholine rings is 1. The van der Waals surface area contributed by atoms with E-state index in [9.17, 15) is 4.79 Å². The number of ether oxygens (including phenoxy) is 1. The monoisotopic (exact) mass is 364 g/mol. The second-order valence-electron chi connectivity index (χ2n) is 5.61. The summed E-state index contributed by atoms with van der Waals surface area (Å²) in [6.45, 7) is 3.30. The van der Waals surface area contributed by atoms with Crippen LogP contribution < -0.4 is 10.2 Å². The smallest absolute Gasteiger partial charge is 0.228 e. The first kappa shape index (κ1) is 17.1. The molecule has 1 aliphatic rings. The van der Waals surface area contributed by atoms with Crippen molar-refractivity contribution < 1.29 is 9.53 Å². The van der Waals surface area contributed by atoms with Gasteiger partial charge < -0.3 is 15.0 Å². The Balaban J connectivity index is 1.61. The number of halogens is 2. The number of hydrogen-bond donors (Lipinski definition) is 1. The molecule has 0 aliphatic carbocycles. The van der Waals surface area contributed by atoms with Crippen molar-refractivity contribution in [3.63, 3.8) is 0 Å². The molecule has 1 heterocycles. The number of hydrogen-bond acceptors (Lipinski definition) is 3. The molecule has 0 saturated carbocycles. The zero-order valence-corrected chi connectivity index (χ0v) is 14.6. The third-order valence-corrected chi connectivity index (χ3v) is 4.44. The van der Waals surface area contributed by atoms with Gasteiger partial charge >= 0.3 is 0 Å². The van der Waals surface area contributed by atoms with Crippen LogP contribution in [0.3, 0.4) is 0 Å². The largest absolute Gasteiger partial charge is 0.378 e. The van der Waals surface area contributed by atoms with Crippen molar-refractivity contribution >= 4 is 40.5 Å². The highest BCUT2D eigenvalue weighted by atomic mass is 35.5. The van der Waals surface area contributed by atoms with Crippen LogP contribution in [0.25, 0.3) is 0 Å². The minimum atomic E-state index is -0.127. The molecule has 0 unspecified atom stereocenters. The van der Waals surface area contributed by atoms with E-state index in [1.54, 1.807) is 18.2 Å². The molecule has 0 atom stereocenters. The number of anilines is 2. The van der Waals surface area contributed by atoms with Crippen LogP contribution in [-0.4, -0.2) is 32.2 Å². The molecule has 6 heteroatoms. The van der Waals surface area contributed by atoms with Gasteiger partial charge in [0, 0.05) is 23.8 Å². The Morgan fingerprint density at radius 2 is 1.79 bits per heavy atom. The zero-order valence-electron chi connectivity index (χ0n) is 13.1. The molecular formula is C18H18Cl2N2O2. The molecule has 1 fully saturated rings. The molecule has 1 N–H and O–H groups in total. The Morgan fingerprint density at radius 3 is 2.50 bits per heavy atom. The van der Waals surface area contributed by atoms with E-state index >= 15 is 0 Å². The molecule has 2 aromatic rings. The number of rotatable bonds is 4. The molecule has 0 aromatic heterocycles. The van der Waals surface area contributed by atoms with Gasteiger partial charge in [-0.05, 0) is 35.9 Å². The fourth-order valence-corrected chi connectivity index (χ4v) is 2.96. The van der Waals surface area contributed by atoms with E-state index in [-0.39, 0.29) is 12.3 Å². The highest BCUT2D eigenvalue weighted by molar-refractivity contribution is 6.35. The van der Waals surface area contributed by atoms with Crippen molar-refractivity contribution in [2.24, 2.45) is 0 Å². The van der Waals surface area contributed by atoms with Gasteiger partial charge in [0.05, 0.1) is 30.3 Å². The number of nitrogens with zero attached hydrogens (tertiary/aromatic N) is 1. The number of amides is 1. The van der Waals surface area contributed by atoms with Crippen LogP contribution in [0.15, 0.2) is 42.5 Å². The molecule has 1 amide bonds. The molecule has 4 nitrogen and oxygen atoms in total. The van der Waals surface area contributed by atoms with Gasteiger partial charge in [0.15, 0.2) is 0 Å². The number of benzene rings is 2. The summed E-state index contributed by atoms with van der Waals surface area (Å²) in [5.74, 6) is -0.127. The summed E-state index contributed by atoms with van der Waals surface area (Å²) >= 11 is 12.0. The average molecular weight is 365 g/mol. The Hall–Kier alpha value is -1.75. The molecular weight excluding hydrogens is 347 g/mol. The first-order valence-electron chi connectivity index (χ1n) is 7.78. The lowest BCUT2D eigenvalue weighted by atomic mass is 10.1. The normalized spacial score (nSPS) is 14.5. The second-order valence-corrected chi connectivity index (χ2v) is 6.46. The highest BCUT2D eigenvalue weighted by Crippen LogP contribution is 2.25. The number of carbonyl (C=O) groups is 1. The summed E-state index contributed by atoms with van der Waals surface area (Å²) in [7, 11) is 0. The molecule has 0 radical (unpaired) electrons.